The van der Waals surface area contributed by atoms with Crippen molar-refractivity contribution in [3.8, 4) is 0 Å². The minimum absolute atomic E-state index is 0.0848. The van der Waals surface area contributed by atoms with Gasteiger partial charge in [-0.15, -0.1) is 0 Å². The van der Waals surface area contributed by atoms with Gasteiger partial charge in [0.1, 0.15) is 18.1 Å². The minimum Gasteiger partial charge on any atom is -0.480 e. The number of hydrogen-bond donors (Lipinski definition) is 7. The van der Waals surface area contributed by atoms with Crippen molar-refractivity contribution in [3.63, 3.8) is 0 Å². The van der Waals surface area contributed by atoms with E-state index in [2.05, 4.69) is 28.3 Å². The second-order valence-electron chi connectivity index (χ2n) is 7.67. The van der Waals surface area contributed by atoms with Gasteiger partial charge in [0.05, 0.1) is 6.04 Å². The third-order valence-electron chi connectivity index (χ3n) is 5.16. The summed E-state index contributed by atoms with van der Waals surface area (Å²) in [6.07, 6.45) is 3.73. The summed E-state index contributed by atoms with van der Waals surface area (Å²) in [6, 6.07) is -3.71. The Balaban J connectivity index is 2.97. The summed E-state index contributed by atoms with van der Waals surface area (Å²) in [5.41, 5.74) is 16.3. The zero-order chi connectivity index (χ0) is 25.0. The van der Waals surface area contributed by atoms with E-state index in [1.807, 2.05) is 6.26 Å². The third kappa shape index (κ3) is 9.68. The number of aliphatic carboxylic acids is 1. The van der Waals surface area contributed by atoms with Gasteiger partial charge in [-0.2, -0.15) is 24.4 Å². The monoisotopic (exact) mass is 505 g/mol. The number of guanidine groups is 1. The van der Waals surface area contributed by atoms with Gasteiger partial charge in [-0.1, -0.05) is 0 Å². The maximum atomic E-state index is 13.1. The van der Waals surface area contributed by atoms with Crippen molar-refractivity contribution >= 4 is 54.0 Å². The van der Waals surface area contributed by atoms with Crippen LogP contribution in [0.25, 0.3) is 0 Å². The second kappa shape index (κ2) is 14.9. The van der Waals surface area contributed by atoms with E-state index in [9.17, 15) is 24.3 Å². The number of thioether (sulfide) groups is 1. The normalized spacial score (nSPS) is 18.2. The number of thiol groups is 1. The van der Waals surface area contributed by atoms with Crippen LogP contribution in [-0.2, 0) is 19.2 Å². The fraction of sp³-hybridized carbons (Fsp3) is 0.737. The van der Waals surface area contributed by atoms with E-state index in [0.717, 1.165) is 0 Å². The number of amides is 3. The fourth-order valence-corrected chi connectivity index (χ4v) is 4.02. The zero-order valence-corrected chi connectivity index (χ0v) is 20.4. The molecule has 1 rings (SSSR count). The van der Waals surface area contributed by atoms with Crippen LogP contribution in [0.4, 0.5) is 0 Å². The molecule has 33 heavy (non-hydrogen) atoms. The van der Waals surface area contributed by atoms with Crippen molar-refractivity contribution in [3.05, 3.63) is 0 Å². The largest absolute Gasteiger partial charge is 0.480 e. The number of nitrogens with one attached hydrogen (secondary N) is 2. The number of carbonyl (C=O) groups excluding carboxylic acids is 3. The lowest BCUT2D eigenvalue weighted by Crippen LogP contribution is -2.57. The molecule has 12 nitrogen and oxygen atoms in total. The van der Waals surface area contributed by atoms with Crippen molar-refractivity contribution in [1.82, 2.24) is 15.5 Å². The molecule has 1 aliphatic rings. The predicted octanol–water partition coefficient (Wildman–Crippen LogP) is -1.90. The lowest BCUT2D eigenvalue weighted by Gasteiger charge is -2.29. The number of carboxylic acid groups (broad SMARTS) is 1. The SMILES string of the molecule is CSCCC(NC(=O)C(CCCN=C(N)N)NC(=O)C(N)CS)C(=O)N1CCCC1C(=O)O. The summed E-state index contributed by atoms with van der Waals surface area (Å²) in [5, 5.41) is 14.7. The smallest absolute Gasteiger partial charge is 0.326 e. The van der Waals surface area contributed by atoms with Gasteiger partial charge in [0, 0.05) is 18.8 Å². The highest BCUT2D eigenvalue weighted by atomic mass is 32.2. The van der Waals surface area contributed by atoms with Gasteiger partial charge in [-0.25, -0.2) is 4.79 Å². The van der Waals surface area contributed by atoms with Crippen LogP contribution in [0.15, 0.2) is 4.99 Å². The van der Waals surface area contributed by atoms with Crippen LogP contribution in [0.5, 0.6) is 0 Å². The van der Waals surface area contributed by atoms with Gasteiger partial charge in [-0.3, -0.25) is 19.4 Å². The van der Waals surface area contributed by atoms with Gasteiger partial charge in [-0.05, 0) is 44.1 Å². The molecule has 1 aliphatic heterocycles. The van der Waals surface area contributed by atoms with E-state index >= 15 is 0 Å². The summed E-state index contributed by atoms with van der Waals surface area (Å²) in [4.78, 5) is 55.1. The number of rotatable bonds is 14. The van der Waals surface area contributed by atoms with E-state index in [1.165, 1.54) is 16.7 Å². The Hall–Kier alpha value is -2.19. The molecule has 4 atom stereocenters. The van der Waals surface area contributed by atoms with Crippen LogP contribution >= 0.6 is 24.4 Å². The molecular weight excluding hydrogens is 470 g/mol. The first kappa shape index (κ1) is 28.8. The Labute approximate surface area is 203 Å². The van der Waals surface area contributed by atoms with Crippen LogP contribution in [0, 0.1) is 0 Å². The van der Waals surface area contributed by atoms with Crippen molar-refractivity contribution < 1.29 is 24.3 Å². The van der Waals surface area contributed by atoms with Crippen molar-refractivity contribution in [2.75, 3.05) is 30.9 Å². The van der Waals surface area contributed by atoms with Crippen LogP contribution in [-0.4, -0.2) is 94.7 Å². The number of aliphatic imine (C=N–C) groups is 1. The molecule has 0 spiro atoms. The van der Waals surface area contributed by atoms with Crippen LogP contribution < -0.4 is 27.8 Å². The number of hydrogen-bond acceptors (Lipinski definition) is 8. The molecule has 188 valence electrons. The maximum absolute atomic E-state index is 13.1. The first-order valence-electron chi connectivity index (χ1n) is 10.7. The molecule has 3 amide bonds. The fourth-order valence-electron chi connectivity index (χ4n) is 3.39. The summed E-state index contributed by atoms with van der Waals surface area (Å²) >= 11 is 5.50. The molecule has 0 aromatic heterocycles. The molecule has 0 aromatic carbocycles. The van der Waals surface area contributed by atoms with Crippen LogP contribution in [0.2, 0.25) is 0 Å². The predicted molar refractivity (Wildman–Crippen MR) is 131 cm³/mol. The molecular formula is C19H35N7O5S2. The molecule has 0 saturated carbocycles. The second-order valence-corrected chi connectivity index (χ2v) is 9.02. The first-order chi connectivity index (χ1) is 15.6. The van der Waals surface area contributed by atoms with E-state index < -0.39 is 47.9 Å². The van der Waals surface area contributed by atoms with Crippen LogP contribution in [0.1, 0.15) is 32.1 Å². The molecule has 0 aromatic rings. The number of carboxylic acids is 1. The van der Waals surface area contributed by atoms with Crippen molar-refractivity contribution in [2.24, 2.45) is 22.2 Å². The Kier molecular flexibility index (Phi) is 13.0. The topological polar surface area (TPSA) is 206 Å². The molecule has 14 heteroatoms. The van der Waals surface area contributed by atoms with Crippen molar-refractivity contribution in [2.45, 2.75) is 56.3 Å². The Morgan fingerprint density at radius 3 is 2.42 bits per heavy atom. The summed E-state index contributed by atoms with van der Waals surface area (Å²) < 4.78 is 0. The molecule has 4 unspecified atom stereocenters. The van der Waals surface area contributed by atoms with Gasteiger partial charge in [0.2, 0.25) is 17.7 Å². The molecule has 0 bridgehead atoms. The van der Waals surface area contributed by atoms with Gasteiger partial charge in [0.25, 0.3) is 0 Å². The molecule has 1 fully saturated rings. The number of likely N-dealkylation sites (tertiary alicyclic amines) is 1. The average Bonchev–Trinajstić information content (AvgIpc) is 3.27. The Morgan fingerprint density at radius 2 is 1.85 bits per heavy atom. The first-order valence-corrected chi connectivity index (χ1v) is 12.7. The highest BCUT2D eigenvalue weighted by Crippen LogP contribution is 2.20. The van der Waals surface area contributed by atoms with E-state index in [4.69, 9.17) is 17.2 Å². The van der Waals surface area contributed by atoms with E-state index in [0.29, 0.717) is 38.0 Å². The zero-order valence-electron chi connectivity index (χ0n) is 18.7. The number of carbonyl (C=O) groups is 4. The lowest BCUT2D eigenvalue weighted by molar-refractivity contribution is -0.149. The average molecular weight is 506 g/mol. The third-order valence-corrected chi connectivity index (χ3v) is 6.20. The highest BCUT2D eigenvalue weighted by molar-refractivity contribution is 7.98. The summed E-state index contributed by atoms with van der Waals surface area (Å²) in [7, 11) is 0. The lowest BCUT2D eigenvalue weighted by atomic mass is 10.1. The minimum atomic E-state index is -1.07. The molecule has 0 radical (unpaired) electrons. The standard InChI is InChI=1S/C19H35N7O5S2/c1-33-9-6-13(17(29)26-8-3-5-14(26)18(30)31)25-16(28)12(4-2-7-23-19(21)22)24-15(27)11(20)10-32/h11-14,32H,2-10,20H2,1H3,(H,24,27)(H,25,28)(H,30,31)(H4,21,22,23). The highest BCUT2D eigenvalue weighted by Gasteiger charge is 2.38. The maximum Gasteiger partial charge on any atom is 0.326 e. The van der Waals surface area contributed by atoms with Crippen molar-refractivity contribution in [1.29, 1.82) is 0 Å². The number of nitrogens with two attached hydrogens (primary N) is 3. The quantitative estimate of drug-likeness (QED) is 0.0608. The van der Waals surface area contributed by atoms with Gasteiger partial charge < -0.3 is 37.8 Å². The Bertz CT molecular complexity index is 721. The number of nitrogens with zero attached hydrogens (tertiary/aromatic N) is 2. The molecule has 1 saturated heterocycles. The van der Waals surface area contributed by atoms with Gasteiger partial charge >= 0.3 is 5.97 Å². The van der Waals surface area contributed by atoms with Gasteiger partial charge in [0.15, 0.2) is 5.96 Å². The molecule has 9 N–H and O–H groups in total. The molecule has 0 aliphatic carbocycles. The van der Waals surface area contributed by atoms with E-state index in [1.54, 1.807) is 0 Å². The van der Waals surface area contributed by atoms with Crippen LogP contribution in [0.3, 0.4) is 0 Å². The summed E-state index contributed by atoms with van der Waals surface area (Å²) in [6.45, 7) is 0.570. The van der Waals surface area contributed by atoms with E-state index in [-0.39, 0.29) is 24.7 Å². The molecule has 1 heterocycles. The summed E-state index contributed by atoms with van der Waals surface area (Å²) in [5.74, 6) is -2.04. The Morgan fingerprint density at radius 1 is 1.18 bits per heavy atom.